The van der Waals surface area contributed by atoms with Gasteiger partial charge in [-0.25, -0.2) is 0 Å². The first-order chi connectivity index (χ1) is 8.61. The van der Waals surface area contributed by atoms with E-state index >= 15 is 0 Å². The predicted octanol–water partition coefficient (Wildman–Crippen LogP) is 1.37. The maximum absolute atomic E-state index is 10.7. The Balaban J connectivity index is 2.30. The summed E-state index contributed by atoms with van der Waals surface area (Å²) in [7, 11) is 1.81. The van der Waals surface area contributed by atoms with Crippen LogP contribution in [0, 0.1) is 10.1 Å². The molecule has 0 aliphatic rings. The molecule has 2 aromatic rings. The normalized spacial score (nSPS) is 10.6. The number of rotatable bonds is 4. The Labute approximate surface area is 107 Å². The van der Waals surface area contributed by atoms with Crippen LogP contribution in [0.5, 0.6) is 0 Å². The standard InChI is InChI=1S/C10H10N4O3S/c1-13-6-11-12-10(13)18-8-2-3-9(14(16)17)7(4-8)5-15/h2-4,6,15H,5H2,1H3. The van der Waals surface area contributed by atoms with Crippen LogP contribution in [0.3, 0.4) is 0 Å². The second-order valence-electron chi connectivity index (χ2n) is 3.53. The Morgan fingerprint density at radius 2 is 2.33 bits per heavy atom. The molecule has 7 nitrogen and oxygen atoms in total. The molecule has 18 heavy (non-hydrogen) atoms. The largest absolute Gasteiger partial charge is 0.391 e. The minimum Gasteiger partial charge on any atom is -0.391 e. The van der Waals surface area contributed by atoms with Crippen molar-refractivity contribution >= 4 is 17.4 Å². The van der Waals surface area contributed by atoms with Gasteiger partial charge >= 0.3 is 0 Å². The maximum atomic E-state index is 10.7. The van der Waals surface area contributed by atoms with Crippen molar-refractivity contribution in [2.24, 2.45) is 7.05 Å². The number of aliphatic hydroxyl groups is 1. The number of benzene rings is 1. The zero-order valence-corrected chi connectivity index (χ0v) is 10.3. The Bertz CT molecular complexity index is 584. The molecule has 0 fully saturated rings. The Morgan fingerprint density at radius 3 is 2.89 bits per heavy atom. The fourth-order valence-corrected chi connectivity index (χ4v) is 2.23. The molecule has 2 rings (SSSR count). The molecule has 1 aromatic heterocycles. The Morgan fingerprint density at radius 1 is 1.56 bits per heavy atom. The number of nitrogens with zero attached hydrogens (tertiary/aromatic N) is 4. The van der Waals surface area contributed by atoms with Crippen LogP contribution in [0.1, 0.15) is 5.56 Å². The molecular formula is C10H10N4O3S. The van der Waals surface area contributed by atoms with E-state index in [1.807, 2.05) is 0 Å². The summed E-state index contributed by atoms with van der Waals surface area (Å²) in [6.45, 7) is -0.371. The maximum Gasteiger partial charge on any atom is 0.274 e. The third kappa shape index (κ3) is 2.49. The fourth-order valence-electron chi connectivity index (χ4n) is 1.40. The second-order valence-corrected chi connectivity index (χ2v) is 4.57. The van der Waals surface area contributed by atoms with Gasteiger partial charge in [0.2, 0.25) is 0 Å². The zero-order chi connectivity index (χ0) is 13.1. The third-order valence-corrected chi connectivity index (χ3v) is 3.34. The van der Waals surface area contributed by atoms with Gasteiger partial charge in [-0.3, -0.25) is 10.1 Å². The lowest BCUT2D eigenvalue weighted by molar-refractivity contribution is -0.385. The lowest BCUT2D eigenvalue weighted by atomic mass is 10.2. The van der Waals surface area contributed by atoms with Gasteiger partial charge in [0.25, 0.3) is 5.69 Å². The molecule has 0 aliphatic heterocycles. The highest BCUT2D eigenvalue weighted by Crippen LogP contribution is 2.29. The topological polar surface area (TPSA) is 94.1 Å². The molecule has 0 bridgehead atoms. The molecule has 0 saturated carbocycles. The zero-order valence-electron chi connectivity index (χ0n) is 9.48. The van der Waals surface area contributed by atoms with Gasteiger partial charge in [-0.1, -0.05) is 0 Å². The summed E-state index contributed by atoms with van der Waals surface area (Å²) in [5.41, 5.74) is 0.201. The lowest BCUT2D eigenvalue weighted by Crippen LogP contribution is -1.96. The van der Waals surface area contributed by atoms with Gasteiger partial charge in [-0.15, -0.1) is 10.2 Å². The molecule has 94 valence electrons. The number of hydrogen-bond donors (Lipinski definition) is 1. The van der Waals surface area contributed by atoms with Crippen LogP contribution in [0.15, 0.2) is 34.6 Å². The molecule has 8 heteroatoms. The summed E-state index contributed by atoms with van der Waals surface area (Å²) in [5, 5.41) is 28.2. The van der Waals surface area contributed by atoms with E-state index < -0.39 is 4.92 Å². The lowest BCUT2D eigenvalue weighted by Gasteiger charge is -2.03. The SMILES string of the molecule is Cn1cnnc1Sc1ccc([N+](=O)[O-])c(CO)c1. The molecule has 0 saturated heterocycles. The summed E-state index contributed by atoms with van der Waals surface area (Å²) >= 11 is 1.33. The molecule has 0 unspecified atom stereocenters. The molecule has 1 aromatic carbocycles. The van der Waals surface area contributed by atoms with Gasteiger partial charge in [0, 0.05) is 18.0 Å². The van der Waals surface area contributed by atoms with Gasteiger partial charge in [0.15, 0.2) is 5.16 Å². The average molecular weight is 266 g/mol. The van der Waals surface area contributed by atoms with Crippen LogP contribution in [0.2, 0.25) is 0 Å². The number of aryl methyl sites for hydroxylation is 1. The Hall–Kier alpha value is -1.93. The number of nitro benzene ring substituents is 1. The number of aliphatic hydroxyl groups excluding tert-OH is 1. The highest BCUT2D eigenvalue weighted by Gasteiger charge is 2.14. The van der Waals surface area contributed by atoms with E-state index in [1.54, 1.807) is 30.1 Å². The van der Waals surface area contributed by atoms with E-state index in [0.717, 1.165) is 4.90 Å². The minimum absolute atomic E-state index is 0.0835. The molecule has 0 atom stereocenters. The van der Waals surface area contributed by atoms with Crippen LogP contribution in [0.4, 0.5) is 5.69 Å². The first-order valence-corrected chi connectivity index (χ1v) is 5.83. The number of aromatic nitrogens is 3. The van der Waals surface area contributed by atoms with E-state index in [2.05, 4.69) is 10.2 Å². The van der Waals surface area contributed by atoms with Crippen molar-refractivity contribution in [2.75, 3.05) is 0 Å². The van der Waals surface area contributed by atoms with Crippen molar-refractivity contribution in [3.63, 3.8) is 0 Å². The monoisotopic (exact) mass is 266 g/mol. The van der Waals surface area contributed by atoms with E-state index in [0.29, 0.717) is 5.16 Å². The molecule has 0 amide bonds. The third-order valence-electron chi connectivity index (χ3n) is 2.30. The van der Waals surface area contributed by atoms with E-state index in [4.69, 9.17) is 5.11 Å². The van der Waals surface area contributed by atoms with Gasteiger partial charge in [0.1, 0.15) is 6.33 Å². The number of hydrogen-bond acceptors (Lipinski definition) is 6. The van der Waals surface area contributed by atoms with Crippen LogP contribution in [0.25, 0.3) is 0 Å². The summed E-state index contributed by atoms with van der Waals surface area (Å²) in [6.07, 6.45) is 1.57. The molecule has 1 N–H and O–H groups in total. The van der Waals surface area contributed by atoms with Crippen LogP contribution in [-0.4, -0.2) is 24.8 Å². The quantitative estimate of drug-likeness (QED) is 0.663. The second kappa shape index (κ2) is 5.15. The highest BCUT2D eigenvalue weighted by molar-refractivity contribution is 7.99. The summed E-state index contributed by atoms with van der Waals surface area (Å²) < 4.78 is 1.74. The Kier molecular flexibility index (Phi) is 3.58. The van der Waals surface area contributed by atoms with Crippen LogP contribution >= 0.6 is 11.8 Å². The molecule has 0 spiro atoms. The first-order valence-electron chi connectivity index (χ1n) is 5.02. The van der Waals surface area contributed by atoms with Crippen molar-refractivity contribution in [1.29, 1.82) is 0 Å². The smallest absolute Gasteiger partial charge is 0.274 e. The number of nitro groups is 1. The van der Waals surface area contributed by atoms with E-state index in [1.165, 1.54) is 17.8 Å². The molecular weight excluding hydrogens is 256 g/mol. The van der Waals surface area contributed by atoms with E-state index in [-0.39, 0.29) is 17.9 Å². The van der Waals surface area contributed by atoms with E-state index in [9.17, 15) is 10.1 Å². The first kappa shape index (κ1) is 12.5. The van der Waals surface area contributed by atoms with Gasteiger partial charge < -0.3 is 9.67 Å². The summed E-state index contributed by atoms with van der Waals surface area (Å²) in [4.78, 5) is 11.0. The van der Waals surface area contributed by atoms with Gasteiger partial charge in [-0.05, 0) is 23.9 Å². The van der Waals surface area contributed by atoms with Crippen molar-refractivity contribution in [2.45, 2.75) is 16.7 Å². The van der Waals surface area contributed by atoms with Gasteiger partial charge in [0.05, 0.1) is 17.1 Å². The van der Waals surface area contributed by atoms with Crippen molar-refractivity contribution in [3.8, 4) is 0 Å². The van der Waals surface area contributed by atoms with Crippen LogP contribution < -0.4 is 0 Å². The predicted molar refractivity (Wildman–Crippen MR) is 64.1 cm³/mol. The van der Waals surface area contributed by atoms with Gasteiger partial charge in [-0.2, -0.15) is 0 Å². The average Bonchev–Trinajstić information content (AvgIpc) is 2.74. The molecule has 0 radical (unpaired) electrons. The van der Waals surface area contributed by atoms with Crippen molar-refractivity contribution in [3.05, 3.63) is 40.2 Å². The van der Waals surface area contributed by atoms with Crippen molar-refractivity contribution in [1.82, 2.24) is 14.8 Å². The molecule has 0 aliphatic carbocycles. The van der Waals surface area contributed by atoms with Crippen LogP contribution in [-0.2, 0) is 13.7 Å². The molecule has 1 heterocycles. The highest BCUT2D eigenvalue weighted by atomic mass is 32.2. The minimum atomic E-state index is -0.512. The summed E-state index contributed by atoms with van der Waals surface area (Å²) in [6, 6.07) is 4.58. The van der Waals surface area contributed by atoms with Crippen molar-refractivity contribution < 1.29 is 10.0 Å². The summed E-state index contributed by atoms with van der Waals surface area (Å²) in [5.74, 6) is 0. The fraction of sp³-hybridized carbons (Fsp3) is 0.200.